The molecule has 106 valence electrons. The summed E-state index contributed by atoms with van der Waals surface area (Å²) in [5.41, 5.74) is 3.46. The van der Waals surface area contributed by atoms with Crippen molar-refractivity contribution in [3.05, 3.63) is 47.4 Å². The molecule has 21 heavy (non-hydrogen) atoms. The predicted molar refractivity (Wildman–Crippen MR) is 76.4 cm³/mol. The fraction of sp³-hybridized carbons (Fsp3) is 0.267. The highest BCUT2D eigenvalue weighted by Crippen LogP contribution is 2.40. The van der Waals surface area contributed by atoms with Crippen LogP contribution in [0.25, 0.3) is 10.9 Å². The average Bonchev–Trinajstić information content (AvgIpc) is 3.07. The SMILES string of the molecule is O=C(O)c1cn(Cc2cc3ccc(C4CC4)cc3[nH]2)nn1. The van der Waals surface area contributed by atoms with Crippen LogP contribution in [0.3, 0.4) is 0 Å². The summed E-state index contributed by atoms with van der Waals surface area (Å²) in [6.45, 7) is 0.480. The molecule has 6 nitrogen and oxygen atoms in total. The first-order valence-electron chi connectivity index (χ1n) is 6.94. The summed E-state index contributed by atoms with van der Waals surface area (Å²) in [4.78, 5) is 14.2. The van der Waals surface area contributed by atoms with Crippen molar-refractivity contribution >= 4 is 16.9 Å². The van der Waals surface area contributed by atoms with Crippen molar-refractivity contribution < 1.29 is 9.90 Å². The van der Waals surface area contributed by atoms with Crippen LogP contribution in [-0.2, 0) is 6.54 Å². The number of nitrogens with zero attached hydrogens (tertiary/aromatic N) is 3. The van der Waals surface area contributed by atoms with Crippen LogP contribution in [0.5, 0.6) is 0 Å². The van der Waals surface area contributed by atoms with E-state index in [0.29, 0.717) is 6.54 Å². The molecule has 6 heteroatoms. The number of nitrogens with one attached hydrogen (secondary N) is 1. The Morgan fingerprint density at radius 3 is 2.95 bits per heavy atom. The van der Waals surface area contributed by atoms with E-state index in [-0.39, 0.29) is 5.69 Å². The van der Waals surface area contributed by atoms with E-state index in [9.17, 15) is 4.79 Å². The van der Waals surface area contributed by atoms with Crippen LogP contribution in [0, 0.1) is 0 Å². The molecule has 0 saturated heterocycles. The van der Waals surface area contributed by atoms with E-state index in [1.807, 2.05) is 0 Å². The van der Waals surface area contributed by atoms with Gasteiger partial charge in [-0.15, -0.1) is 5.10 Å². The number of carbonyl (C=O) groups is 1. The predicted octanol–water partition coefficient (Wildman–Crippen LogP) is 2.38. The van der Waals surface area contributed by atoms with Gasteiger partial charge in [0.15, 0.2) is 5.69 Å². The number of aromatic carboxylic acids is 1. The zero-order chi connectivity index (χ0) is 14.4. The third kappa shape index (κ3) is 2.29. The van der Waals surface area contributed by atoms with Gasteiger partial charge in [-0.2, -0.15) is 0 Å². The van der Waals surface area contributed by atoms with Gasteiger partial charge in [0.2, 0.25) is 0 Å². The molecule has 0 aliphatic heterocycles. The Kier molecular flexibility index (Phi) is 2.57. The van der Waals surface area contributed by atoms with Gasteiger partial charge in [-0.25, -0.2) is 9.48 Å². The number of benzene rings is 1. The maximum Gasteiger partial charge on any atom is 0.358 e. The summed E-state index contributed by atoms with van der Waals surface area (Å²) in [6.07, 6.45) is 4.01. The monoisotopic (exact) mass is 282 g/mol. The number of carboxylic acid groups (broad SMARTS) is 1. The van der Waals surface area contributed by atoms with Crippen LogP contribution >= 0.6 is 0 Å². The molecule has 0 spiro atoms. The summed E-state index contributed by atoms with van der Waals surface area (Å²) >= 11 is 0. The molecule has 1 aromatic carbocycles. The van der Waals surface area contributed by atoms with Crippen LogP contribution in [0.15, 0.2) is 30.5 Å². The second-order valence-corrected chi connectivity index (χ2v) is 5.52. The molecule has 1 aliphatic carbocycles. The molecule has 0 amide bonds. The number of rotatable bonds is 4. The number of fused-ring (bicyclic) bond motifs is 1. The molecule has 2 aromatic heterocycles. The third-order valence-electron chi connectivity index (χ3n) is 3.84. The number of carboxylic acids is 1. The highest BCUT2D eigenvalue weighted by Gasteiger charge is 2.23. The molecule has 2 N–H and O–H groups in total. The molecule has 0 bridgehead atoms. The molecule has 0 unspecified atom stereocenters. The summed E-state index contributed by atoms with van der Waals surface area (Å²) in [5, 5.41) is 17.4. The number of aromatic amines is 1. The second-order valence-electron chi connectivity index (χ2n) is 5.52. The van der Waals surface area contributed by atoms with Crippen LogP contribution in [-0.4, -0.2) is 31.1 Å². The highest BCUT2D eigenvalue weighted by atomic mass is 16.4. The van der Waals surface area contributed by atoms with Gasteiger partial charge in [-0.3, -0.25) is 0 Å². The van der Waals surface area contributed by atoms with E-state index in [1.54, 1.807) is 0 Å². The molecule has 1 saturated carbocycles. The Balaban J connectivity index is 1.61. The first kappa shape index (κ1) is 12.1. The topological polar surface area (TPSA) is 83.8 Å². The lowest BCUT2D eigenvalue weighted by Crippen LogP contribution is -2.00. The van der Waals surface area contributed by atoms with Gasteiger partial charge in [0, 0.05) is 11.2 Å². The van der Waals surface area contributed by atoms with Gasteiger partial charge in [0.1, 0.15) is 0 Å². The van der Waals surface area contributed by atoms with E-state index in [1.165, 1.54) is 29.3 Å². The van der Waals surface area contributed by atoms with E-state index in [0.717, 1.165) is 22.5 Å². The molecular formula is C15H14N4O2. The van der Waals surface area contributed by atoms with Crippen LogP contribution in [0.2, 0.25) is 0 Å². The Bertz CT molecular complexity index is 829. The largest absolute Gasteiger partial charge is 0.476 e. The minimum absolute atomic E-state index is 0.0397. The molecular weight excluding hydrogens is 268 g/mol. The molecule has 1 fully saturated rings. The lowest BCUT2D eigenvalue weighted by Gasteiger charge is -1.97. The van der Waals surface area contributed by atoms with Crippen molar-refractivity contribution in [3.63, 3.8) is 0 Å². The van der Waals surface area contributed by atoms with Crippen molar-refractivity contribution in [1.29, 1.82) is 0 Å². The van der Waals surface area contributed by atoms with Crippen molar-refractivity contribution in [2.45, 2.75) is 25.3 Å². The highest BCUT2D eigenvalue weighted by molar-refractivity contribution is 5.84. The fourth-order valence-corrected chi connectivity index (χ4v) is 2.61. The minimum Gasteiger partial charge on any atom is -0.476 e. The smallest absolute Gasteiger partial charge is 0.358 e. The third-order valence-corrected chi connectivity index (χ3v) is 3.84. The normalized spacial score (nSPS) is 14.7. The quantitative estimate of drug-likeness (QED) is 0.769. The zero-order valence-electron chi connectivity index (χ0n) is 11.3. The van der Waals surface area contributed by atoms with Crippen LogP contribution in [0.1, 0.15) is 40.5 Å². The Morgan fingerprint density at radius 2 is 2.24 bits per heavy atom. The maximum atomic E-state index is 10.8. The first-order valence-corrected chi connectivity index (χ1v) is 6.94. The van der Waals surface area contributed by atoms with Gasteiger partial charge < -0.3 is 10.1 Å². The minimum atomic E-state index is -1.06. The molecule has 1 aliphatic rings. The number of H-pyrrole nitrogens is 1. The first-order chi connectivity index (χ1) is 10.2. The van der Waals surface area contributed by atoms with Crippen molar-refractivity contribution in [1.82, 2.24) is 20.0 Å². The van der Waals surface area contributed by atoms with Crippen LogP contribution < -0.4 is 0 Å². The van der Waals surface area contributed by atoms with Gasteiger partial charge >= 0.3 is 5.97 Å². The van der Waals surface area contributed by atoms with E-state index in [2.05, 4.69) is 39.6 Å². The van der Waals surface area contributed by atoms with E-state index < -0.39 is 5.97 Å². The lowest BCUT2D eigenvalue weighted by atomic mass is 10.1. The molecule has 0 radical (unpaired) electrons. The summed E-state index contributed by atoms with van der Waals surface area (Å²) < 4.78 is 1.52. The molecule has 3 aromatic rings. The Labute approximate surface area is 120 Å². The van der Waals surface area contributed by atoms with Crippen molar-refractivity contribution in [2.24, 2.45) is 0 Å². The van der Waals surface area contributed by atoms with Gasteiger partial charge in [0.05, 0.1) is 12.7 Å². The Hall–Kier alpha value is -2.63. The molecule has 2 heterocycles. The van der Waals surface area contributed by atoms with E-state index in [4.69, 9.17) is 5.11 Å². The second kappa shape index (κ2) is 4.44. The summed E-state index contributed by atoms with van der Waals surface area (Å²) in [5.74, 6) is -0.332. The van der Waals surface area contributed by atoms with Crippen molar-refractivity contribution in [3.8, 4) is 0 Å². The standard InChI is InChI=1S/C15H14N4O2/c20-15(21)14-8-19(18-17-14)7-12-5-11-4-3-10(9-1-2-9)6-13(11)16-12/h3-6,8-9,16H,1-2,7H2,(H,20,21). The van der Waals surface area contributed by atoms with Gasteiger partial charge in [-0.1, -0.05) is 17.3 Å². The van der Waals surface area contributed by atoms with E-state index >= 15 is 0 Å². The molecule has 4 rings (SSSR count). The Morgan fingerprint density at radius 1 is 1.38 bits per heavy atom. The van der Waals surface area contributed by atoms with Crippen LogP contribution in [0.4, 0.5) is 0 Å². The maximum absolute atomic E-state index is 10.8. The summed E-state index contributed by atoms with van der Waals surface area (Å²) in [7, 11) is 0. The fourth-order valence-electron chi connectivity index (χ4n) is 2.61. The van der Waals surface area contributed by atoms with Crippen molar-refractivity contribution in [2.75, 3.05) is 0 Å². The number of aromatic nitrogens is 4. The summed E-state index contributed by atoms with van der Waals surface area (Å²) in [6, 6.07) is 8.59. The lowest BCUT2D eigenvalue weighted by molar-refractivity contribution is 0.0690. The number of hydrogen-bond donors (Lipinski definition) is 2. The zero-order valence-corrected chi connectivity index (χ0v) is 11.3. The average molecular weight is 282 g/mol. The molecule has 0 atom stereocenters. The number of hydrogen-bond acceptors (Lipinski definition) is 3. The van der Waals surface area contributed by atoms with Gasteiger partial charge in [0.25, 0.3) is 0 Å². The van der Waals surface area contributed by atoms with Gasteiger partial charge in [-0.05, 0) is 41.8 Å².